The van der Waals surface area contributed by atoms with Gasteiger partial charge in [-0.05, 0) is 0 Å². The van der Waals surface area contributed by atoms with E-state index in [1.807, 2.05) is 0 Å². The Kier molecular flexibility index (Phi) is 4.51. The number of carbonyl (C=O) groups is 1. The lowest BCUT2D eigenvalue weighted by Crippen LogP contribution is -2.07. The van der Waals surface area contributed by atoms with Crippen LogP contribution in [0.5, 0.6) is 0 Å². The molecule has 1 aromatic carbocycles. The van der Waals surface area contributed by atoms with Gasteiger partial charge >= 0.3 is 5.97 Å². The summed E-state index contributed by atoms with van der Waals surface area (Å²) in [6.45, 7) is 1.73. The molecule has 0 saturated carbocycles. The lowest BCUT2D eigenvalue weighted by Gasteiger charge is -2.10. The van der Waals surface area contributed by atoms with E-state index in [4.69, 9.17) is 5.11 Å². The van der Waals surface area contributed by atoms with Crippen molar-refractivity contribution < 1.29 is 23.1 Å². The summed E-state index contributed by atoms with van der Waals surface area (Å²) >= 11 is 0.812. The summed E-state index contributed by atoms with van der Waals surface area (Å²) in [6.07, 6.45) is 0.360. The predicted molar refractivity (Wildman–Crippen MR) is 69.0 cm³/mol. The number of halogens is 3. The largest absolute Gasteiger partial charge is 0.481 e. The SMILES string of the molecule is CCc1nnc(SCC(=O)O)n1-c1cc(F)c(F)cc1F. The molecule has 0 fully saturated rings. The fraction of sp³-hybridized carbons (Fsp3) is 0.250. The van der Waals surface area contributed by atoms with Gasteiger partial charge in [0.25, 0.3) is 0 Å². The number of benzene rings is 1. The van der Waals surface area contributed by atoms with Gasteiger partial charge in [0.1, 0.15) is 11.6 Å². The fourth-order valence-corrected chi connectivity index (χ4v) is 2.36. The second-order valence-corrected chi connectivity index (χ2v) is 4.93. The maximum absolute atomic E-state index is 13.9. The molecule has 9 heteroatoms. The van der Waals surface area contributed by atoms with E-state index >= 15 is 0 Å². The van der Waals surface area contributed by atoms with Crippen molar-refractivity contribution in [2.75, 3.05) is 5.75 Å². The molecular weight excluding hydrogens is 307 g/mol. The summed E-state index contributed by atoms with van der Waals surface area (Å²) in [5, 5.41) is 16.3. The van der Waals surface area contributed by atoms with Gasteiger partial charge in [-0.3, -0.25) is 9.36 Å². The molecule has 0 bridgehead atoms. The smallest absolute Gasteiger partial charge is 0.313 e. The van der Waals surface area contributed by atoms with Gasteiger partial charge in [-0.25, -0.2) is 13.2 Å². The first kappa shape index (κ1) is 15.4. The van der Waals surface area contributed by atoms with Crippen LogP contribution >= 0.6 is 11.8 Å². The van der Waals surface area contributed by atoms with Crippen LogP contribution in [-0.4, -0.2) is 31.6 Å². The van der Waals surface area contributed by atoms with E-state index in [0.717, 1.165) is 11.8 Å². The third-order valence-corrected chi connectivity index (χ3v) is 3.49. The van der Waals surface area contributed by atoms with Crippen molar-refractivity contribution in [3.63, 3.8) is 0 Å². The van der Waals surface area contributed by atoms with Gasteiger partial charge in [-0.2, -0.15) is 0 Å². The Morgan fingerprint density at radius 3 is 2.52 bits per heavy atom. The topological polar surface area (TPSA) is 68.0 Å². The number of aryl methyl sites for hydroxylation is 1. The van der Waals surface area contributed by atoms with Gasteiger partial charge in [0.15, 0.2) is 16.8 Å². The van der Waals surface area contributed by atoms with Crippen molar-refractivity contribution in [2.45, 2.75) is 18.5 Å². The first-order valence-electron chi connectivity index (χ1n) is 5.87. The van der Waals surface area contributed by atoms with Gasteiger partial charge < -0.3 is 5.11 Å². The molecule has 1 heterocycles. The monoisotopic (exact) mass is 317 g/mol. The number of carboxylic acids is 1. The molecule has 0 saturated heterocycles. The quantitative estimate of drug-likeness (QED) is 0.677. The Hall–Kier alpha value is -2.03. The number of thioether (sulfide) groups is 1. The molecule has 0 aliphatic rings. The zero-order valence-electron chi connectivity index (χ0n) is 10.8. The number of hydrogen-bond donors (Lipinski definition) is 1. The lowest BCUT2D eigenvalue weighted by molar-refractivity contribution is -0.133. The minimum absolute atomic E-state index is 0.0964. The van der Waals surface area contributed by atoms with E-state index in [9.17, 15) is 18.0 Å². The standard InChI is InChI=1S/C12H10F3N3O2S/c1-2-10-16-17-12(21-5-11(19)20)18(10)9-4-7(14)6(13)3-8(9)15/h3-4H,2,5H2,1H3,(H,19,20). The summed E-state index contributed by atoms with van der Waals surface area (Å²) in [4.78, 5) is 10.6. The Bertz CT molecular complexity index is 691. The number of hydrogen-bond acceptors (Lipinski definition) is 4. The van der Waals surface area contributed by atoms with Crippen molar-refractivity contribution in [2.24, 2.45) is 0 Å². The molecule has 2 aromatic rings. The Balaban J connectivity index is 2.53. The van der Waals surface area contributed by atoms with Gasteiger partial charge in [0, 0.05) is 18.6 Å². The molecule has 1 N–H and O–H groups in total. The van der Waals surface area contributed by atoms with Crippen LogP contribution in [-0.2, 0) is 11.2 Å². The maximum Gasteiger partial charge on any atom is 0.313 e. The highest BCUT2D eigenvalue weighted by Gasteiger charge is 2.19. The van der Waals surface area contributed by atoms with Crippen molar-refractivity contribution in [1.82, 2.24) is 14.8 Å². The van der Waals surface area contributed by atoms with Crippen molar-refractivity contribution in [3.8, 4) is 5.69 Å². The molecule has 0 spiro atoms. The molecule has 5 nitrogen and oxygen atoms in total. The van der Waals surface area contributed by atoms with E-state index in [2.05, 4.69) is 10.2 Å². The van der Waals surface area contributed by atoms with Crippen LogP contribution in [0.3, 0.4) is 0 Å². The minimum atomic E-state index is -1.30. The highest BCUT2D eigenvalue weighted by Crippen LogP contribution is 2.25. The van der Waals surface area contributed by atoms with Crippen LogP contribution in [0.4, 0.5) is 13.2 Å². The van der Waals surface area contributed by atoms with Gasteiger partial charge in [-0.15, -0.1) is 10.2 Å². The Morgan fingerprint density at radius 1 is 1.24 bits per heavy atom. The summed E-state index contributed by atoms with van der Waals surface area (Å²) in [6, 6.07) is 1.12. The molecule has 0 radical (unpaired) electrons. The van der Waals surface area contributed by atoms with Crippen molar-refractivity contribution in [1.29, 1.82) is 0 Å². The fourth-order valence-electron chi connectivity index (χ4n) is 1.67. The summed E-state index contributed by atoms with van der Waals surface area (Å²) in [5.41, 5.74) is -0.261. The maximum atomic E-state index is 13.9. The number of rotatable bonds is 5. The summed E-state index contributed by atoms with van der Waals surface area (Å²) < 4.78 is 41.4. The molecule has 0 aliphatic heterocycles. The second kappa shape index (κ2) is 6.17. The number of nitrogens with zero attached hydrogens (tertiary/aromatic N) is 3. The third-order valence-electron chi connectivity index (χ3n) is 2.57. The van der Waals surface area contributed by atoms with Crippen molar-refractivity contribution >= 4 is 17.7 Å². The van der Waals surface area contributed by atoms with Crippen LogP contribution in [0, 0.1) is 17.5 Å². The number of carboxylic acid groups (broad SMARTS) is 1. The third kappa shape index (κ3) is 3.18. The lowest BCUT2D eigenvalue weighted by atomic mass is 10.2. The Morgan fingerprint density at radius 2 is 1.90 bits per heavy atom. The first-order valence-corrected chi connectivity index (χ1v) is 6.86. The van der Waals surface area contributed by atoms with Crippen molar-refractivity contribution in [3.05, 3.63) is 35.4 Å². The van der Waals surface area contributed by atoms with E-state index < -0.39 is 23.4 Å². The molecule has 21 heavy (non-hydrogen) atoms. The second-order valence-electron chi connectivity index (χ2n) is 3.99. The van der Waals surface area contributed by atoms with Crippen LogP contribution < -0.4 is 0 Å². The summed E-state index contributed by atoms with van der Waals surface area (Å²) in [5.74, 6) is -4.59. The highest BCUT2D eigenvalue weighted by molar-refractivity contribution is 7.99. The van der Waals surface area contributed by atoms with Crippen LogP contribution in [0.15, 0.2) is 17.3 Å². The van der Waals surface area contributed by atoms with Gasteiger partial charge in [-0.1, -0.05) is 18.7 Å². The molecular formula is C12H10F3N3O2S. The molecule has 0 atom stereocenters. The molecule has 0 amide bonds. The summed E-state index contributed by atoms with van der Waals surface area (Å²) in [7, 11) is 0. The minimum Gasteiger partial charge on any atom is -0.481 e. The molecule has 0 unspecified atom stereocenters. The zero-order chi connectivity index (χ0) is 15.6. The predicted octanol–water partition coefficient (Wildman–Crippen LogP) is 2.42. The zero-order valence-corrected chi connectivity index (χ0v) is 11.6. The molecule has 2 rings (SSSR count). The number of aromatic nitrogens is 3. The normalized spacial score (nSPS) is 10.9. The molecule has 112 valence electrons. The van der Waals surface area contributed by atoms with E-state index in [-0.39, 0.29) is 16.6 Å². The van der Waals surface area contributed by atoms with Gasteiger partial charge in [0.2, 0.25) is 0 Å². The average Bonchev–Trinajstić information content (AvgIpc) is 2.83. The van der Waals surface area contributed by atoms with E-state index in [0.29, 0.717) is 24.4 Å². The van der Waals surface area contributed by atoms with E-state index in [1.165, 1.54) is 4.57 Å². The molecule has 0 aliphatic carbocycles. The van der Waals surface area contributed by atoms with Gasteiger partial charge in [0.05, 0.1) is 11.4 Å². The van der Waals surface area contributed by atoms with Crippen LogP contribution in [0.2, 0.25) is 0 Å². The number of aliphatic carboxylic acids is 1. The average molecular weight is 317 g/mol. The van der Waals surface area contributed by atoms with E-state index in [1.54, 1.807) is 6.92 Å². The molecule has 1 aromatic heterocycles. The van der Waals surface area contributed by atoms with Crippen LogP contribution in [0.25, 0.3) is 5.69 Å². The first-order chi connectivity index (χ1) is 9.93. The highest BCUT2D eigenvalue weighted by atomic mass is 32.2. The van der Waals surface area contributed by atoms with Crippen LogP contribution in [0.1, 0.15) is 12.7 Å². The Labute approximate surface area is 121 Å².